The molecule has 0 heterocycles. The zero-order chi connectivity index (χ0) is 15.7. The molecule has 6 nitrogen and oxygen atoms in total. The fourth-order valence-corrected chi connectivity index (χ4v) is 1.94. The maximum atomic E-state index is 11.5. The summed E-state index contributed by atoms with van der Waals surface area (Å²) in [7, 11) is 1.31. The van der Waals surface area contributed by atoms with Crippen molar-refractivity contribution in [3.8, 4) is 0 Å². The average molecular weight is 294 g/mol. The Morgan fingerprint density at radius 3 is 2.48 bits per heavy atom. The fourth-order valence-electron chi connectivity index (χ4n) is 1.94. The van der Waals surface area contributed by atoms with Gasteiger partial charge in [0.1, 0.15) is 0 Å². The predicted octanol–water partition coefficient (Wildman–Crippen LogP) is 0.377. The van der Waals surface area contributed by atoms with E-state index in [9.17, 15) is 14.7 Å². The van der Waals surface area contributed by atoms with Gasteiger partial charge in [-0.25, -0.2) is 0 Å². The van der Waals surface area contributed by atoms with Gasteiger partial charge in [-0.05, 0) is 5.56 Å². The normalized spacial score (nSPS) is 13.3. The Kier molecular flexibility index (Phi) is 7.42. The highest BCUT2D eigenvalue weighted by Gasteiger charge is 2.23. The van der Waals surface area contributed by atoms with Crippen LogP contribution in [0.5, 0.6) is 0 Å². The van der Waals surface area contributed by atoms with Gasteiger partial charge in [0.15, 0.2) is 0 Å². The molecule has 0 aromatic heterocycles. The van der Waals surface area contributed by atoms with Crippen LogP contribution in [0.25, 0.3) is 0 Å². The molecular weight excluding hydrogens is 272 g/mol. The van der Waals surface area contributed by atoms with E-state index >= 15 is 0 Å². The third kappa shape index (κ3) is 6.37. The second-order valence-corrected chi connectivity index (χ2v) is 4.68. The molecule has 0 radical (unpaired) electrons. The predicted molar refractivity (Wildman–Crippen MR) is 78.5 cm³/mol. The molecule has 0 spiro atoms. The van der Waals surface area contributed by atoms with Gasteiger partial charge in [0.05, 0.1) is 19.6 Å². The van der Waals surface area contributed by atoms with E-state index in [1.807, 2.05) is 18.2 Å². The zero-order valence-corrected chi connectivity index (χ0v) is 12.3. The SMILES string of the molecule is COC(=O)CC(NCCNC(C)=O)C(O)c1ccccc1. The molecule has 0 saturated carbocycles. The number of carbonyl (C=O) groups is 2. The molecule has 3 N–H and O–H groups in total. The van der Waals surface area contributed by atoms with Crippen molar-refractivity contribution in [2.24, 2.45) is 0 Å². The number of esters is 1. The van der Waals surface area contributed by atoms with Crippen LogP contribution >= 0.6 is 0 Å². The van der Waals surface area contributed by atoms with E-state index in [1.54, 1.807) is 12.1 Å². The van der Waals surface area contributed by atoms with Gasteiger partial charge < -0.3 is 20.5 Å². The van der Waals surface area contributed by atoms with Crippen LogP contribution in [0.2, 0.25) is 0 Å². The number of methoxy groups -OCH3 is 1. The summed E-state index contributed by atoms with van der Waals surface area (Å²) < 4.78 is 4.65. The molecule has 0 saturated heterocycles. The average Bonchev–Trinajstić information content (AvgIpc) is 2.50. The van der Waals surface area contributed by atoms with Gasteiger partial charge in [-0.3, -0.25) is 9.59 Å². The summed E-state index contributed by atoms with van der Waals surface area (Å²) in [6.45, 7) is 2.31. The van der Waals surface area contributed by atoms with Crippen LogP contribution in [0.4, 0.5) is 0 Å². The largest absolute Gasteiger partial charge is 0.469 e. The fraction of sp³-hybridized carbons (Fsp3) is 0.467. The minimum Gasteiger partial charge on any atom is -0.469 e. The molecule has 2 unspecified atom stereocenters. The minimum atomic E-state index is -0.831. The second kappa shape index (κ2) is 9.10. The summed E-state index contributed by atoms with van der Waals surface area (Å²) >= 11 is 0. The summed E-state index contributed by atoms with van der Waals surface area (Å²) in [5.74, 6) is -0.521. The van der Waals surface area contributed by atoms with Gasteiger partial charge in [0.2, 0.25) is 5.91 Å². The first-order valence-electron chi connectivity index (χ1n) is 6.82. The molecular formula is C15H22N2O4. The van der Waals surface area contributed by atoms with Crippen LogP contribution in [-0.4, -0.2) is 43.2 Å². The Hall–Kier alpha value is -1.92. The summed E-state index contributed by atoms with van der Waals surface area (Å²) in [5.41, 5.74) is 0.721. The van der Waals surface area contributed by atoms with E-state index < -0.39 is 18.1 Å². The molecule has 0 aliphatic rings. The number of amides is 1. The molecule has 0 fully saturated rings. The van der Waals surface area contributed by atoms with Gasteiger partial charge in [-0.2, -0.15) is 0 Å². The van der Waals surface area contributed by atoms with E-state index in [1.165, 1.54) is 14.0 Å². The van der Waals surface area contributed by atoms with E-state index in [-0.39, 0.29) is 12.3 Å². The van der Waals surface area contributed by atoms with Gasteiger partial charge in [0.25, 0.3) is 0 Å². The van der Waals surface area contributed by atoms with Crippen LogP contribution in [0.15, 0.2) is 30.3 Å². The number of rotatable bonds is 8. The number of benzene rings is 1. The number of aliphatic hydroxyl groups is 1. The van der Waals surface area contributed by atoms with Crippen molar-refractivity contribution in [2.45, 2.75) is 25.5 Å². The van der Waals surface area contributed by atoms with Gasteiger partial charge >= 0.3 is 5.97 Å². The Labute approximate surface area is 124 Å². The van der Waals surface area contributed by atoms with E-state index in [0.29, 0.717) is 13.1 Å². The first kappa shape index (κ1) is 17.1. The third-order valence-electron chi connectivity index (χ3n) is 3.04. The van der Waals surface area contributed by atoms with Gasteiger partial charge in [-0.15, -0.1) is 0 Å². The highest BCUT2D eigenvalue weighted by atomic mass is 16.5. The maximum absolute atomic E-state index is 11.5. The molecule has 1 aromatic carbocycles. The van der Waals surface area contributed by atoms with E-state index in [2.05, 4.69) is 15.4 Å². The molecule has 0 aliphatic carbocycles. The number of hydrogen-bond acceptors (Lipinski definition) is 5. The Morgan fingerprint density at radius 1 is 1.24 bits per heavy atom. The highest BCUT2D eigenvalue weighted by Crippen LogP contribution is 2.18. The zero-order valence-electron chi connectivity index (χ0n) is 12.3. The smallest absolute Gasteiger partial charge is 0.307 e. The molecule has 6 heteroatoms. The van der Waals surface area contributed by atoms with Crippen LogP contribution in [0.3, 0.4) is 0 Å². The first-order valence-corrected chi connectivity index (χ1v) is 6.82. The number of aliphatic hydroxyl groups excluding tert-OH is 1. The van der Waals surface area contributed by atoms with Crippen molar-refractivity contribution in [3.05, 3.63) is 35.9 Å². The van der Waals surface area contributed by atoms with Crippen LogP contribution in [0.1, 0.15) is 25.0 Å². The molecule has 0 aliphatic heterocycles. The number of ether oxygens (including phenoxy) is 1. The van der Waals surface area contributed by atoms with Crippen molar-refractivity contribution in [1.29, 1.82) is 0 Å². The monoisotopic (exact) mass is 294 g/mol. The lowest BCUT2D eigenvalue weighted by Gasteiger charge is -2.23. The molecule has 1 aromatic rings. The molecule has 21 heavy (non-hydrogen) atoms. The number of carbonyl (C=O) groups excluding carboxylic acids is 2. The lowest BCUT2D eigenvalue weighted by molar-refractivity contribution is -0.142. The van der Waals surface area contributed by atoms with Crippen LogP contribution in [-0.2, 0) is 14.3 Å². The van der Waals surface area contributed by atoms with Crippen molar-refractivity contribution < 1.29 is 19.4 Å². The summed E-state index contributed by atoms with van der Waals surface area (Å²) in [6, 6.07) is 8.62. The number of nitrogens with one attached hydrogen (secondary N) is 2. The Balaban J connectivity index is 2.63. The van der Waals surface area contributed by atoms with Gasteiger partial charge in [0, 0.05) is 26.1 Å². The summed E-state index contributed by atoms with van der Waals surface area (Å²) in [6.07, 6.45) is -0.783. The number of hydrogen-bond donors (Lipinski definition) is 3. The van der Waals surface area contributed by atoms with Crippen molar-refractivity contribution in [2.75, 3.05) is 20.2 Å². The quantitative estimate of drug-likeness (QED) is 0.476. The van der Waals surface area contributed by atoms with E-state index in [4.69, 9.17) is 0 Å². The Bertz CT molecular complexity index is 450. The van der Waals surface area contributed by atoms with E-state index in [0.717, 1.165) is 5.56 Å². The third-order valence-corrected chi connectivity index (χ3v) is 3.04. The first-order chi connectivity index (χ1) is 10.0. The maximum Gasteiger partial charge on any atom is 0.307 e. The summed E-state index contributed by atoms with van der Waals surface area (Å²) in [4.78, 5) is 22.3. The lowest BCUT2D eigenvalue weighted by Crippen LogP contribution is -2.41. The molecule has 1 rings (SSSR count). The highest BCUT2D eigenvalue weighted by molar-refractivity contribution is 5.72. The molecule has 0 bridgehead atoms. The lowest BCUT2D eigenvalue weighted by atomic mass is 9.99. The van der Waals surface area contributed by atoms with Crippen LogP contribution in [0, 0.1) is 0 Å². The van der Waals surface area contributed by atoms with Crippen LogP contribution < -0.4 is 10.6 Å². The van der Waals surface area contributed by atoms with Crippen molar-refractivity contribution in [1.82, 2.24) is 10.6 Å². The molecule has 1 amide bonds. The standard InChI is InChI=1S/C15H22N2O4/c1-11(18)16-8-9-17-13(10-14(19)21-2)15(20)12-6-4-3-5-7-12/h3-7,13,15,17,20H,8-10H2,1-2H3,(H,16,18). The summed E-state index contributed by atoms with van der Waals surface area (Å²) in [5, 5.41) is 16.1. The minimum absolute atomic E-state index is 0.0482. The molecule has 2 atom stereocenters. The molecule has 116 valence electrons. The van der Waals surface area contributed by atoms with Crippen molar-refractivity contribution in [3.63, 3.8) is 0 Å². The van der Waals surface area contributed by atoms with Crippen molar-refractivity contribution >= 4 is 11.9 Å². The van der Waals surface area contributed by atoms with Gasteiger partial charge in [-0.1, -0.05) is 30.3 Å². The Morgan fingerprint density at radius 2 is 1.90 bits per heavy atom. The topological polar surface area (TPSA) is 87.7 Å². The second-order valence-electron chi connectivity index (χ2n) is 4.68.